The van der Waals surface area contributed by atoms with Gasteiger partial charge in [0.2, 0.25) is 11.8 Å². The van der Waals surface area contributed by atoms with E-state index in [1.807, 2.05) is 32.0 Å². The SMILES string of the molecule is COC(=O)c1ccc(NC(=O)C(CC(C)C)NC(=O)C(CCCc2ccccc2)CNS)cc1. The fourth-order valence-electron chi connectivity index (χ4n) is 3.66. The Morgan fingerprint density at radius 2 is 1.65 bits per heavy atom. The standard InChI is InChI=1S/C26H35N3O4S/c1-18(2)16-23(25(31)28-22-14-12-20(13-15-22)26(32)33-3)29-24(30)21(17-27-34)11-7-10-19-8-5-4-6-9-19/h4-6,8-9,12-15,18,21,23,27,34H,7,10-11,16-17H2,1-3H3,(H,28,31)(H,29,30). The number of nitrogens with one attached hydrogen (secondary N) is 3. The van der Waals surface area contributed by atoms with Gasteiger partial charge >= 0.3 is 5.97 Å². The van der Waals surface area contributed by atoms with Crippen LogP contribution in [-0.4, -0.2) is 37.5 Å². The van der Waals surface area contributed by atoms with Crippen LogP contribution in [0.1, 0.15) is 49.0 Å². The number of esters is 1. The summed E-state index contributed by atoms with van der Waals surface area (Å²) in [5, 5.41) is 5.78. The van der Waals surface area contributed by atoms with E-state index < -0.39 is 12.0 Å². The minimum atomic E-state index is -0.677. The van der Waals surface area contributed by atoms with Gasteiger partial charge in [0.1, 0.15) is 6.04 Å². The van der Waals surface area contributed by atoms with E-state index in [4.69, 9.17) is 4.74 Å². The van der Waals surface area contributed by atoms with Gasteiger partial charge < -0.3 is 15.4 Å². The molecule has 2 aromatic carbocycles. The molecule has 34 heavy (non-hydrogen) atoms. The second kappa shape index (κ2) is 14.4. The van der Waals surface area contributed by atoms with Crippen molar-refractivity contribution in [2.45, 2.75) is 45.6 Å². The molecule has 7 nitrogen and oxygen atoms in total. The molecular weight excluding hydrogens is 450 g/mol. The lowest BCUT2D eigenvalue weighted by atomic mass is 9.97. The number of aryl methyl sites for hydroxylation is 1. The molecule has 3 N–H and O–H groups in total. The molecule has 2 atom stereocenters. The van der Waals surface area contributed by atoms with Crippen molar-refractivity contribution in [3.8, 4) is 0 Å². The zero-order valence-electron chi connectivity index (χ0n) is 20.0. The number of anilines is 1. The van der Waals surface area contributed by atoms with Gasteiger partial charge in [-0.3, -0.25) is 14.3 Å². The number of hydrogen-bond acceptors (Lipinski definition) is 6. The zero-order valence-corrected chi connectivity index (χ0v) is 20.9. The van der Waals surface area contributed by atoms with Crippen LogP contribution in [0.15, 0.2) is 54.6 Å². The van der Waals surface area contributed by atoms with E-state index in [0.29, 0.717) is 30.6 Å². The van der Waals surface area contributed by atoms with Gasteiger partial charge in [0.15, 0.2) is 0 Å². The van der Waals surface area contributed by atoms with Crippen molar-refractivity contribution in [1.82, 2.24) is 10.0 Å². The van der Waals surface area contributed by atoms with Crippen LogP contribution >= 0.6 is 12.8 Å². The van der Waals surface area contributed by atoms with Crippen LogP contribution in [0.3, 0.4) is 0 Å². The highest BCUT2D eigenvalue weighted by molar-refractivity contribution is 7.78. The van der Waals surface area contributed by atoms with Crippen molar-refractivity contribution >= 4 is 36.3 Å². The second-order valence-electron chi connectivity index (χ2n) is 8.69. The maximum atomic E-state index is 13.1. The Morgan fingerprint density at radius 1 is 0.971 bits per heavy atom. The second-order valence-corrected chi connectivity index (χ2v) is 9.00. The van der Waals surface area contributed by atoms with E-state index >= 15 is 0 Å². The molecule has 0 bridgehead atoms. The van der Waals surface area contributed by atoms with Crippen molar-refractivity contribution in [3.63, 3.8) is 0 Å². The summed E-state index contributed by atoms with van der Waals surface area (Å²) in [5.74, 6) is -1.01. The lowest BCUT2D eigenvalue weighted by Crippen LogP contribution is -2.48. The highest BCUT2D eigenvalue weighted by atomic mass is 32.1. The van der Waals surface area contributed by atoms with E-state index in [1.54, 1.807) is 24.3 Å². The molecule has 0 radical (unpaired) electrons. The van der Waals surface area contributed by atoms with Gasteiger partial charge in [0.25, 0.3) is 0 Å². The summed E-state index contributed by atoms with van der Waals surface area (Å²) < 4.78 is 7.49. The third-order valence-electron chi connectivity index (χ3n) is 5.48. The summed E-state index contributed by atoms with van der Waals surface area (Å²) in [5.41, 5.74) is 2.16. The van der Waals surface area contributed by atoms with E-state index in [-0.39, 0.29) is 23.7 Å². The Bertz CT molecular complexity index is 919. The van der Waals surface area contributed by atoms with Crippen molar-refractivity contribution < 1.29 is 19.1 Å². The molecule has 2 aromatic rings. The Labute approximate surface area is 207 Å². The number of hydrogen-bond donors (Lipinski definition) is 4. The number of carbonyl (C=O) groups excluding carboxylic acids is 3. The molecule has 0 aliphatic carbocycles. The fourth-order valence-corrected chi connectivity index (χ4v) is 3.88. The molecule has 184 valence electrons. The molecule has 0 aromatic heterocycles. The van der Waals surface area contributed by atoms with Gasteiger partial charge in [-0.15, -0.1) is 0 Å². The molecule has 0 fully saturated rings. The minimum Gasteiger partial charge on any atom is -0.465 e. The first kappa shape index (κ1) is 27.4. The zero-order chi connectivity index (χ0) is 24.9. The molecule has 0 heterocycles. The summed E-state index contributed by atoms with van der Waals surface area (Å²) >= 11 is 4.09. The lowest BCUT2D eigenvalue weighted by Gasteiger charge is -2.23. The van der Waals surface area contributed by atoms with Crippen LogP contribution in [0.2, 0.25) is 0 Å². The third kappa shape index (κ3) is 9.19. The van der Waals surface area contributed by atoms with Crippen LogP contribution in [0, 0.1) is 11.8 Å². The largest absolute Gasteiger partial charge is 0.465 e. The Hall–Kier alpha value is -2.84. The number of benzene rings is 2. The van der Waals surface area contributed by atoms with Crippen molar-refractivity contribution in [1.29, 1.82) is 0 Å². The number of ether oxygens (including phenoxy) is 1. The van der Waals surface area contributed by atoms with Crippen LogP contribution in [0.4, 0.5) is 5.69 Å². The van der Waals surface area contributed by atoms with E-state index in [9.17, 15) is 14.4 Å². The first-order chi connectivity index (χ1) is 16.3. The first-order valence-corrected chi connectivity index (χ1v) is 12.0. The van der Waals surface area contributed by atoms with Gasteiger partial charge in [-0.25, -0.2) is 4.79 Å². The third-order valence-corrected chi connectivity index (χ3v) is 5.67. The van der Waals surface area contributed by atoms with Gasteiger partial charge in [-0.2, -0.15) is 0 Å². The van der Waals surface area contributed by atoms with Crippen LogP contribution in [0.5, 0.6) is 0 Å². The van der Waals surface area contributed by atoms with Crippen molar-refractivity contribution in [3.05, 3.63) is 65.7 Å². The number of carbonyl (C=O) groups is 3. The van der Waals surface area contributed by atoms with Gasteiger partial charge in [0, 0.05) is 12.2 Å². The number of thiol groups is 1. The minimum absolute atomic E-state index is 0.170. The Kier molecular flexibility index (Phi) is 11.6. The number of rotatable bonds is 13. The maximum Gasteiger partial charge on any atom is 0.337 e. The summed E-state index contributed by atoms with van der Waals surface area (Å²) in [6, 6.07) is 15.9. The molecule has 2 unspecified atom stereocenters. The molecule has 2 rings (SSSR count). The Morgan fingerprint density at radius 3 is 2.24 bits per heavy atom. The highest BCUT2D eigenvalue weighted by Crippen LogP contribution is 2.15. The van der Waals surface area contributed by atoms with Crippen molar-refractivity contribution in [2.24, 2.45) is 11.8 Å². The van der Waals surface area contributed by atoms with Crippen molar-refractivity contribution in [2.75, 3.05) is 19.0 Å². The molecule has 8 heteroatoms. The first-order valence-electron chi connectivity index (χ1n) is 11.5. The molecular formula is C26H35N3O4S. The van der Waals surface area contributed by atoms with Crippen LogP contribution in [0.25, 0.3) is 0 Å². The lowest BCUT2D eigenvalue weighted by molar-refractivity contribution is -0.129. The smallest absolute Gasteiger partial charge is 0.337 e. The highest BCUT2D eigenvalue weighted by Gasteiger charge is 2.26. The molecule has 0 saturated carbocycles. The summed E-state index contributed by atoms with van der Waals surface area (Å²) in [4.78, 5) is 37.7. The summed E-state index contributed by atoms with van der Waals surface area (Å²) in [6.45, 7) is 4.42. The van der Waals surface area contributed by atoms with Crippen LogP contribution in [-0.2, 0) is 20.7 Å². The fraction of sp³-hybridized carbons (Fsp3) is 0.423. The van der Waals surface area contributed by atoms with Crippen LogP contribution < -0.4 is 15.4 Å². The summed E-state index contributed by atoms with van der Waals surface area (Å²) in [7, 11) is 1.31. The van der Waals surface area contributed by atoms with E-state index in [0.717, 1.165) is 12.8 Å². The molecule has 0 aliphatic heterocycles. The van der Waals surface area contributed by atoms with Gasteiger partial charge in [-0.05, 0) is 61.4 Å². The predicted octanol–water partition coefficient (Wildman–Crippen LogP) is 4.02. The normalized spacial score (nSPS) is 12.6. The van der Waals surface area contributed by atoms with E-state index in [2.05, 4.69) is 40.3 Å². The predicted molar refractivity (Wildman–Crippen MR) is 138 cm³/mol. The number of amides is 2. The van der Waals surface area contributed by atoms with E-state index in [1.165, 1.54) is 12.7 Å². The average Bonchev–Trinajstić information content (AvgIpc) is 2.83. The van der Waals surface area contributed by atoms with Gasteiger partial charge in [-0.1, -0.05) is 57.0 Å². The topological polar surface area (TPSA) is 96.5 Å². The molecule has 0 spiro atoms. The average molecular weight is 486 g/mol. The molecule has 2 amide bonds. The monoisotopic (exact) mass is 485 g/mol. The maximum absolute atomic E-state index is 13.1. The quantitative estimate of drug-likeness (QED) is 0.254. The van der Waals surface area contributed by atoms with Gasteiger partial charge in [0.05, 0.1) is 18.6 Å². The molecule has 0 saturated heterocycles. The Balaban J connectivity index is 2.00. The molecule has 0 aliphatic rings. The number of methoxy groups -OCH3 is 1. The summed E-state index contributed by atoms with van der Waals surface area (Å²) in [6.07, 6.45) is 2.92.